The Kier molecular flexibility index (Phi) is 1.94. The van der Waals surface area contributed by atoms with Gasteiger partial charge in [-0.1, -0.05) is 0 Å². The fourth-order valence-electron chi connectivity index (χ4n) is 2.01. The van der Waals surface area contributed by atoms with Gasteiger partial charge in [-0.3, -0.25) is 25.0 Å². The standard InChI is InChI=1S/C12H6N2O4/c15-11-9-4-6-1-2-8(14(17)18)3-7(6)5-10(9)12(16)13-11/h1-5H,(H,13,15,16). The van der Waals surface area contributed by atoms with Crippen molar-refractivity contribution in [2.45, 2.75) is 0 Å². The molecule has 6 heteroatoms. The van der Waals surface area contributed by atoms with Gasteiger partial charge in [-0.15, -0.1) is 0 Å². The minimum Gasteiger partial charge on any atom is -0.288 e. The zero-order chi connectivity index (χ0) is 12.9. The van der Waals surface area contributed by atoms with Crippen LogP contribution in [0.1, 0.15) is 20.7 Å². The molecule has 0 spiro atoms. The summed E-state index contributed by atoms with van der Waals surface area (Å²) in [4.78, 5) is 33.1. The molecule has 2 aromatic rings. The van der Waals surface area contributed by atoms with Crippen LogP contribution in [0.5, 0.6) is 0 Å². The van der Waals surface area contributed by atoms with Gasteiger partial charge in [0.05, 0.1) is 16.1 Å². The summed E-state index contributed by atoms with van der Waals surface area (Å²) >= 11 is 0. The Labute approximate surface area is 100 Å². The van der Waals surface area contributed by atoms with Crippen LogP contribution in [0.15, 0.2) is 30.3 Å². The number of amides is 2. The van der Waals surface area contributed by atoms with Crippen LogP contribution in [-0.4, -0.2) is 16.7 Å². The van der Waals surface area contributed by atoms with Gasteiger partial charge in [-0.25, -0.2) is 0 Å². The third kappa shape index (κ3) is 1.36. The molecule has 0 saturated heterocycles. The Bertz CT molecular complexity index is 736. The van der Waals surface area contributed by atoms with E-state index in [1.807, 2.05) is 0 Å². The van der Waals surface area contributed by atoms with Gasteiger partial charge in [0.15, 0.2) is 0 Å². The normalized spacial score (nSPS) is 13.6. The summed E-state index contributed by atoms with van der Waals surface area (Å²) in [6, 6.07) is 7.37. The van der Waals surface area contributed by atoms with E-state index in [9.17, 15) is 19.7 Å². The van der Waals surface area contributed by atoms with E-state index in [0.717, 1.165) is 0 Å². The van der Waals surface area contributed by atoms with Gasteiger partial charge in [0.25, 0.3) is 17.5 Å². The van der Waals surface area contributed by atoms with E-state index in [4.69, 9.17) is 0 Å². The third-order valence-corrected chi connectivity index (χ3v) is 2.89. The van der Waals surface area contributed by atoms with Crippen LogP contribution in [0.3, 0.4) is 0 Å². The van der Waals surface area contributed by atoms with Crippen molar-refractivity contribution in [2.75, 3.05) is 0 Å². The quantitative estimate of drug-likeness (QED) is 0.467. The summed E-state index contributed by atoms with van der Waals surface area (Å²) in [5.41, 5.74) is 0.515. The Morgan fingerprint density at radius 1 is 0.944 bits per heavy atom. The minimum absolute atomic E-state index is 0.0489. The van der Waals surface area contributed by atoms with E-state index in [1.54, 1.807) is 12.1 Å². The zero-order valence-corrected chi connectivity index (χ0v) is 8.97. The average molecular weight is 242 g/mol. The van der Waals surface area contributed by atoms with Crippen LogP contribution in [0, 0.1) is 10.1 Å². The summed E-state index contributed by atoms with van der Waals surface area (Å²) in [6.07, 6.45) is 0. The number of benzene rings is 2. The predicted octanol–water partition coefficient (Wildman–Crippen LogP) is 1.63. The van der Waals surface area contributed by atoms with Crippen molar-refractivity contribution in [3.8, 4) is 0 Å². The van der Waals surface area contributed by atoms with Crippen molar-refractivity contribution >= 4 is 28.3 Å². The Morgan fingerprint density at radius 3 is 2.17 bits per heavy atom. The molecule has 2 amide bonds. The van der Waals surface area contributed by atoms with Crippen molar-refractivity contribution in [1.29, 1.82) is 0 Å². The molecular weight excluding hydrogens is 236 g/mol. The molecule has 0 radical (unpaired) electrons. The topological polar surface area (TPSA) is 89.3 Å². The van der Waals surface area contributed by atoms with Gasteiger partial charge in [-0.05, 0) is 29.0 Å². The molecule has 0 bridgehead atoms. The van der Waals surface area contributed by atoms with Gasteiger partial charge < -0.3 is 0 Å². The van der Waals surface area contributed by atoms with Crippen molar-refractivity contribution < 1.29 is 14.5 Å². The molecule has 1 aliphatic rings. The highest BCUT2D eigenvalue weighted by Gasteiger charge is 2.27. The lowest BCUT2D eigenvalue weighted by Gasteiger charge is -2.00. The Balaban J connectivity index is 2.30. The third-order valence-electron chi connectivity index (χ3n) is 2.89. The van der Waals surface area contributed by atoms with E-state index < -0.39 is 16.7 Å². The maximum Gasteiger partial charge on any atom is 0.270 e. The van der Waals surface area contributed by atoms with E-state index >= 15 is 0 Å². The second-order valence-corrected chi connectivity index (χ2v) is 3.97. The average Bonchev–Trinajstić information content (AvgIpc) is 2.61. The number of carbonyl (C=O) groups is 2. The van der Waals surface area contributed by atoms with Crippen molar-refractivity contribution in [3.05, 3.63) is 51.6 Å². The molecule has 2 aromatic carbocycles. The molecule has 0 aromatic heterocycles. The first-order valence-corrected chi connectivity index (χ1v) is 5.14. The lowest BCUT2D eigenvalue weighted by molar-refractivity contribution is -0.384. The highest BCUT2D eigenvalue weighted by molar-refractivity contribution is 6.23. The molecule has 0 atom stereocenters. The smallest absolute Gasteiger partial charge is 0.270 e. The van der Waals surface area contributed by atoms with Gasteiger partial charge >= 0.3 is 0 Å². The number of nitro groups is 1. The van der Waals surface area contributed by atoms with Crippen molar-refractivity contribution in [2.24, 2.45) is 0 Å². The van der Waals surface area contributed by atoms with E-state index in [2.05, 4.69) is 5.32 Å². The van der Waals surface area contributed by atoms with Crippen LogP contribution in [0.25, 0.3) is 10.8 Å². The number of nitrogens with one attached hydrogen (secondary N) is 1. The predicted molar refractivity (Wildman–Crippen MR) is 62.4 cm³/mol. The number of carbonyl (C=O) groups excluding carboxylic acids is 2. The lowest BCUT2D eigenvalue weighted by Crippen LogP contribution is -2.19. The number of rotatable bonds is 1. The summed E-state index contributed by atoms with van der Waals surface area (Å²) in [7, 11) is 0. The molecule has 18 heavy (non-hydrogen) atoms. The van der Waals surface area contributed by atoms with Crippen molar-refractivity contribution in [3.63, 3.8) is 0 Å². The summed E-state index contributed by atoms with van der Waals surface area (Å²) < 4.78 is 0. The molecule has 1 aliphatic heterocycles. The summed E-state index contributed by atoms with van der Waals surface area (Å²) in [5.74, 6) is -0.904. The van der Waals surface area contributed by atoms with Gasteiger partial charge in [0, 0.05) is 12.1 Å². The van der Waals surface area contributed by atoms with Crippen molar-refractivity contribution in [1.82, 2.24) is 5.32 Å². The first-order chi connectivity index (χ1) is 8.56. The number of non-ortho nitro benzene ring substituents is 1. The highest BCUT2D eigenvalue weighted by atomic mass is 16.6. The largest absolute Gasteiger partial charge is 0.288 e. The lowest BCUT2D eigenvalue weighted by atomic mass is 10.0. The number of fused-ring (bicyclic) bond motifs is 2. The van der Waals surface area contributed by atoms with Crippen LogP contribution in [-0.2, 0) is 0 Å². The van der Waals surface area contributed by atoms with Crippen LogP contribution >= 0.6 is 0 Å². The van der Waals surface area contributed by atoms with E-state index in [-0.39, 0.29) is 11.3 Å². The maximum absolute atomic E-state index is 11.5. The molecule has 0 unspecified atom stereocenters. The van der Waals surface area contributed by atoms with Crippen LogP contribution < -0.4 is 5.32 Å². The first-order valence-electron chi connectivity index (χ1n) is 5.14. The summed E-state index contributed by atoms with van der Waals surface area (Å²) in [6.45, 7) is 0. The number of hydrogen-bond donors (Lipinski definition) is 1. The molecule has 1 heterocycles. The fraction of sp³-hybridized carbons (Fsp3) is 0. The van der Waals surface area contributed by atoms with Gasteiger partial charge in [0.2, 0.25) is 0 Å². The maximum atomic E-state index is 11.5. The molecule has 3 rings (SSSR count). The minimum atomic E-state index is -0.502. The summed E-state index contributed by atoms with van der Waals surface area (Å²) in [5, 5.41) is 14.1. The molecule has 0 aliphatic carbocycles. The van der Waals surface area contributed by atoms with E-state index in [1.165, 1.54) is 18.2 Å². The number of hydrogen-bond acceptors (Lipinski definition) is 4. The number of imide groups is 1. The van der Waals surface area contributed by atoms with Crippen LogP contribution in [0.4, 0.5) is 5.69 Å². The second kappa shape index (κ2) is 3.36. The van der Waals surface area contributed by atoms with Gasteiger partial charge in [-0.2, -0.15) is 0 Å². The molecular formula is C12H6N2O4. The molecule has 88 valence electrons. The van der Waals surface area contributed by atoms with Crippen LogP contribution in [0.2, 0.25) is 0 Å². The molecule has 0 saturated carbocycles. The second-order valence-electron chi connectivity index (χ2n) is 3.97. The SMILES string of the molecule is O=C1NC(=O)c2cc3cc([N+](=O)[O-])ccc3cc21. The monoisotopic (exact) mass is 242 g/mol. The van der Waals surface area contributed by atoms with Gasteiger partial charge in [0.1, 0.15) is 0 Å². The first kappa shape index (κ1) is 10.4. The zero-order valence-electron chi connectivity index (χ0n) is 8.97. The molecule has 1 N–H and O–H groups in total. The Hall–Kier alpha value is -2.76. The fourth-order valence-corrected chi connectivity index (χ4v) is 2.01. The number of nitro benzene ring substituents is 1. The molecule has 0 fully saturated rings. The molecule has 6 nitrogen and oxygen atoms in total. The van der Waals surface area contributed by atoms with E-state index in [0.29, 0.717) is 16.3 Å². The Morgan fingerprint density at radius 2 is 1.56 bits per heavy atom. The highest BCUT2D eigenvalue weighted by Crippen LogP contribution is 2.26. The number of nitrogens with zero attached hydrogens (tertiary/aromatic N) is 1.